The molecule has 0 radical (unpaired) electrons. The molecule has 150 valence electrons. The molecule has 1 aromatic heterocycles. The van der Waals surface area contributed by atoms with Crippen molar-refractivity contribution < 1.29 is 9.13 Å². The molecule has 3 aromatic rings. The second kappa shape index (κ2) is 9.67. The van der Waals surface area contributed by atoms with Gasteiger partial charge in [-0.25, -0.2) is 4.39 Å². The lowest BCUT2D eigenvalue weighted by molar-refractivity contribution is 0.401. The Morgan fingerprint density at radius 3 is 2.72 bits per heavy atom. The number of aryl methyl sites for hydroxylation is 1. The molecule has 4 nitrogen and oxygen atoms in total. The van der Waals surface area contributed by atoms with Crippen molar-refractivity contribution in [2.45, 2.75) is 20.0 Å². The summed E-state index contributed by atoms with van der Waals surface area (Å²) < 4.78 is 19.8. The molecule has 0 spiro atoms. The van der Waals surface area contributed by atoms with E-state index in [2.05, 4.69) is 10.3 Å². The fourth-order valence-electron chi connectivity index (χ4n) is 2.88. The van der Waals surface area contributed by atoms with Crippen LogP contribution in [0.1, 0.15) is 16.7 Å². The summed E-state index contributed by atoms with van der Waals surface area (Å²) in [6.07, 6.45) is 3.46. The summed E-state index contributed by atoms with van der Waals surface area (Å²) in [5, 5.41) is 4.00. The highest BCUT2D eigenvalue weighted by molar-refractivity contribution is 7.80. The molecular formula is C22H21ClFN3OS. The maximum absolute atomic E-state index is 14.4. The van der Waals surface area contributed by atoms with Crippen LogP contribution in [0.25, 0.3) is 0 Å². The number of thiocarbonyl (C=S) groups is 1. The molecule has 0 fully saturated rings. The maximum Gasteiger partial charge on any atom is 0.174 e. The maximum atomic E-state index is 14.4. The van der Waals surface area contributed by atoms with Crippen molar-refractivity contribution in [2.24, 2.45) is 0 Å². The van der Waals surface area contributed by atoms with Crippen molar-refractivity contribution in [1.82, 2.24) is 9.88 Å². The van der Waals surface area contributed by atoms with Crippen molar-refractivity contribution in [3.8, 4) is 5.75 Å². The minimum Gasteiger partial charge on any atom is -0.495 e. The molecule has 29 heavy (non-hydrogen) atoms. The van der Waals surface area contributed by atoms with Gasteiger partial charge < -0.3 is 15.0 Å². The monoisotopic (exact) mass is 429 g/mol. The van der Waals surface area contributed by atoms with Gasteiger partial charge in [0.2, 0.25) is 0 Å². The highest BCUT2D eigenvalue weighted by Gasteiger charge is 2.17. The standard InChI is InChI=1S/C22H21ClFN3OS/c1-15-8-9-20(21(11-15)28-2)26-22(29)27(13-16-5-4-10-25-12-16)14-17-18(23)6-3-7-19(17)24/h3-12H,13-14H2,1-2H3,(H,26,29). The van der Waals surface area contributed by atoms with Crippen LogP contribution in [0.3, 0.4) is 0 Å². The van der Waals surface area contributed by atoms with Crippen molar-refractivity contribution in [3.05, 3.63) is 88.5 Å². The van der Waals surface area contributed by atoms with E-state index in [1.165, 1.54) is 6.07 Å². The van der Waals surface area contributed by atoms with Gasteiger partial charge in [0, 0.05) is 36.1 Å². The molecule has 1 N–H and O–H groups in total. The Kier molecular flexibility index (Phi) is 7.01. The van der Waals surface area contributed by atoms with E-state index in [1.807, 2.05) is 42.2 Å². The lowest BCUT2D eigenvalue weighted by Gasteiger charge is -2.27. The predicted molar refractivity (Wildman–Crippen MR) is 119 cm³/mol. The van der Waals surface area contributed by atoms with Gasteiger partial charge in [0.25, 0.3) is 0 Å². The van der Waals surface area contributed by atoms with Gasteiger partial charge in [0.1, 0.15) is 11.6 Å². The third-order valence-corrected chi connectivity index (χ3v) is 5.11. The second-order valence-electron chi connectivity index (χ2n) is 6.55. The first-order chi connectivity index (χ1) is 14.0. The molecule has 0 saturated heterocycles. The number of hydrogen-bond donors (Lipinski definition) is 1. The lowest BCUT2D eigenvalue weighted by Crippen LogP contribution is -2.34. The number of halogens is 2. The van der Waals surface area contributed by atoms with Crippen LogP contribution in [0.4, 0.5) is 10.1 Å². The van der Waals surface area contributed by atoms with Gasteiger partial charge in [0.05, 0.1) is 12.8 Å². The van der Waals surface area contributed by atoms with E-state index < -0.39 is 0 Å². The molecule has 0 aliphatic rings. The zero-order valence-corrected chi connectivity index (χ0v) is 17.7. The summed E-state index contributed by atoms with van der Waals surface area (Å²) in [6.45, 7) is 2.64. The molecule has 2 aromatic carbocycles. The molecule has 3 rings (SSSR count). The van der Waals surface area contributed by atoms with E-state index in [4.69, 9.17) is 28.6 Å². The number of methoxy groups -OCH3 is 1. The van der Waals surface area contributed by atoms with Gasteiger partial charge in [-0.3, -0.25) is 4.98 Å². The molecular weight excluding hydrogens is 409 g/mol. The summed E-state index contributed by atoms with van der Waals surface area (Å²) in [5.41, 5.74) is 3.14. The number of ether oxygens (including phenoxy) is 1. The van der Waals surface area contributed by atoms with Crippen LogP contribution in [0, 0.1) is 12.7 Å². The topological polar surface area (TPSA) is 37.4 Å². The van der Waals surface area contributed by atoms with Crippen LogP contribution in [-0.2, 0) is 13.1 Å². The van der Waals surface area contributed by atoms with Crippen LogP contribution >= 0.6 is 23.8 Å². The molecule has 0 unspecified atom stereocenters. The number of nitrogens with zero attached hydrogens (tertiary/aromatic N) is 2. The number of rotatable bonds is 6. The molecule has 0 amide bonds. The highest BCUT2D eigenvalue weighted by atomic mass is 35.5. The van der Waals surface area contributed by atoms with E-state index in [1.54, 1.807) is 31.6 Å². The number of pyridine rings is 1. The molecule has 7 heteroatoms. The summed E-state index contributed by atoms with van der Waals surface area (Å²) in [7, 11) is 1.61. The van der Waals surface area contributed by atoms with Crippen LogP contribution in [0.15, 0.2) is 60.9 Å². The van der Waals surface area contributed by atoms with Gasteiger partial charge in [-0.15, -0.1) is 0 Å². The van der Waals surface area contributed by atoms with Crippen molar-refractivity contribution >= 4 is 34.6 Å². The number of anilines is 1. The van der Waals surface area contributed by atoms with Gasteiger partial charge >= 0.3 is 0 Å². The molecule has 0 aliphatic heterocycles. The van der Waals surface area contributed by atoms with E-state index in [0.717, 1.165) is 16.8 Å². The van der Waals surface area contributed by atoms with Gasteiger partial charge in [-0.05, 0) is 60.6 Å². The minimum absolute atomic E-state index is 0.209. The van der Waals surface area contributed by atoms with Gasteiger partial charge in [0.15, 0.2) is 5.11 Å². The molecule has 0 saturated carbocycles. The quantitative estimate of drug-likeness (QED) is 0.517. The fraction of sp³-hybridized carbons (Fsp3) is 0.182. The molecule has 1 heterocycles. The average Bonchev–Trinajstić information content (AvgIpc) is 2.72. The SMILES string of the molecule is COc1cc(C)ccc1NC(=S)N(Cc1cccnc1)Cc1c(F)cccc1Cl. The number of aromatic nitrogens is 1. The Labute approximate surface area is 180 Å². The lowest BCUT2D eigenvalue weighted by atomic mass is 10.2. The minimum atomic E-state index is -0.371. The number of hydrogen-bond acceptors (Lipinski definition) is 3. The Balaban J connectivity index is 1.89. The number of benzene rings is 2. The summed E-state index contributed by atoms with van der Waals surface area (Å²) in [4.78, 5) is 5.99. The van der Waals surface area contributed by atoms with Crippen molar-refractivity contribution in [2.75, 3.05) is 12.4 Å². The molecule has 0 aliphatic carbocycles. The molecule has 0 bridgehead atoms. The van der Waals surface area contributed by atoms with E-state index in [9.17, 15) is 4.39 Å². The van der Waals surface area contributed by atoms with Crippen molar-refractivity contribution in [3.63, 3.8) is 0 Å². The van der Waals surface area contributed by atoms with Gasteiger partial charge in [-0.2, -0.15) is 0 Å². The smallest absolute Gasteiger partial charge is 0.174 e. The van der Waals surface area contributed by atoms with Crippen LogP contribution in [-0.4, -0.2) is 22.1 Å². The predicted octanol–water partition coefficient (Wildman–Crippen LogP) is 5.59. The van der Waals surface area contributed by atoms with E-state index in [0.29, 0.717) is 28.0 Å². The second-order valence-corrected chi connectivity index (χ2v) is 7.35. The fourth-order valence-corrected chi connectivity index (χ4v) is 3.34. The van der Waals surface area contributed by atoms with Crippen LogP contribution < -0.4 is 10.1 Å². The van der Waals surface area contributed by atoms with Crippen LogP contribution in [0.2, 0.25) is 5.02 Å². The normalized spacial score (nSPS) is 10.5. The zero-order valence-electron chi connectivity index (χ0n) is 16.2. The first-order valence-corrected chi connectivity index (χ1v) is 9.79. The average molecular weight is 430 g/mol. The van der Waals surface area contributed by atoms with Gasteiger partial charge in [-0.1, -0.05) is 29.8 Å². The Morgan fingerprint density at radius 2 is 2.03 bits per heavy atom. The first kappa shape index (κ1) is 21.0. The van der Waals surface area contributed by atoms with E-state index in [-0.39, 0.29) is 12.4 Å². The molecule has 0 atom stereocenters. The Bertz CT molecular complexity index is 980. The van der Waals surface area contributed by atoms with E-state index >= 15 is 0 Å². The Morgan fingerprint density at radius 1 is 1.21 bits per heavy atom. The van der Waals surface area contributed by atoms with Crippen LogP contribution in [0.5, 0.6) is 5.75 Å². The largest absolute Gasteiger partial charge is 0.495 e. The Hall–Kier alpha value is -2.70. The zero-order chi connectivity index (χ0) is 20.8. The first-order valence-electron chi connectivity index (χ1n) is 9.00. The highest BCUT2D eigenvalue weighted by Crippen LogP contribution is 2.27. The summed E-state index contributed by atoms with van der Waals surface area (Å²) in [5.74, 6) is 0.307. The third kappa shape index (κ3) is 5.43. The number of nitrogens with one attached hydrogen (secondary N) is 1. The third-order valence-electron chi connectivity index (χ3n) is 4.39. The summed E-state index contributed by atoms with van der Waals surface area (Å²) >= 11 is 11.9. The summed E-state index contributed by atoms with van der Waals surface area (Å²) in [6, 6.07) is 14.2. The van der Waals surface area contributed by atoms with Crippen molar-refractivity contribution in [1.29, 1.82) is 0 Å².